The van der Waals surface area contributed by atoms with Crippen LogP contribution in [0.25, 0.3) is 0 Å². The number of hydrogen-bond donors (Lipinski definition) is 1. The normalized spacial score (nSPS) is 10.1. The van der Waals surface area contributed by atoms with Gasteiger partial charge in [0.2, 0.25) is 0 Å². The predicted octanol–water partition coefficient (Wildman–Crippen LogP) is 3.90. The molecule has 2 rings (SSSR count). The molecule has 0 radical (unpaired) electrons. The van der Waals surface area contributed by atoms with E-state index in [0.717, 1.165) is 27.3 Å². The van der Waals surface area contributed by atoms with E-state index in [2.05, 4.69) is 26.2 Å². The van der Waals surface area contributed by atoms with Gasteiger partial charge in [0.1, 0.15) is 11.6 Å². The van der Waals surface area contributed by atoms with Crippen LogP contribution >= 0.6 is 15.9 Å². The number of methoxy groups -OCH3 is 1. The third kappa shape index (κ3) is 2.77. The molecule has 4 heteroatoms. The molecule has 0 amide bonds. The SMILES string of the molecule is COc1ccccc1Nc1ncc(C)cc1Br. The third-order valence-corrected chi connectivity index (χ3v) is 2.94. The van der Waals surface area contributed by atoms with Crippen LogP contribution in [0.4, 0.5) is 11.5 Å². The molecule has 0 fully saturated rings. The van der Waals surface area contributed by atoms with Crippen molar-refractivity contribution in [1.29, 1.82) is 0 Å². The summed E-state index contributed by atoms with van der Waals surface area (Å²) in [6.07, 6.45) is 1.82. The van der Waals surface area contributed by atoms with Crippen molar-refractivity contribution < 1.29 is 4.74 Å². The van der Waals surface area contributed by atoms with Crippen LogP contribution < -0.4 is 10.1 Å². The number of aryl methyl sites for hydroxylation is 1. The highest BCUT2D eigenvalue weighted by atomic mass is 79.9. The summed E-state index contributed by atoms with van der Waals surface area (Å²) >= 11 is 3.49. The van der Waals surface area contributed by atoms with Crippen LogP contribution in [0.3, 0.4) is 0 Å². The molecule has 1 aromatic heterocycles. The van der Waals surface area contributed by atoms with E-state index < -0.39 is 0 Å². The van der Waals surface area contributed by atoms with Crippen molar-refractivity contribution in [3.05, 3.63) is 46.6 Å². The molecule has 0 aliphatic heterocycles. The Kier molecular flexibility index (Phi) is 3.64. The quantitative estimate of drug-likeness (QED) is 0.931. The number of nitrogens with zero attached hydrogens (tertiary/aromatic N) is 1. The molecule has 1 heterocycles. The number of rotatable bonds is 3. The number of nitrogens with one attached hydrogen (secondary N) is 1. The van der Waals surface area contributed by atoms with Crippen molar-refractivity contribution in [1.82, 2.24) is 4.98 Å². The van der Waals surface area contributed by atoms with Crippen LogP contribution in [0.5, 0.6) is 5.75 Å². The summed E-state index contributed by atoms with van der Waals surface area (Å²) < 4.78 is 6.21. The molecule has 0 spiro atoms. The van der Waals surface area contributed by atoms with E-state index >= 15 is 0 Å². The zero-order chi connectivity index (χ0) is 12.3. The molecule has 1 aromatic carbocycles. The molecule has 3 nitrogen and oxygen atoms in total. The summed E-state index contributed by atoms with van der Waals surface area (Å²) in [5, 5.41) is 3.24. The summed E-state index contributed by atoms with van der Waals surface area (Å²) in [6.45, 7) is 2.00. The van der Waals surface area contributed by atoms with E-state index in [1.807, 2.05) is 43.5 Å². The van der Waals surface area contributed by atoms with Gasteiger partial charge in [-0.3, -0.25) is 0 Å². The zero-order valence-electron chi connectivity index (χ0n) is 9.70. The van der Waals surface area contributed by atoms with Crippen molar-refractivity contribution in [2.45, 2.75) is 6.92 Å². The lowest BCUT2D eigenvalue weighted by Gasteiger charge is -2.11. The van der Waals surface area contributed by atoms with Gasteiger partial charge in [0.15, 0.2) is 0 Å². The fourth-order valence-corrected chi connectivity index (χ4v) is 2.06. The first kappa shape index (κ1) is 11.9. The summed E-state index contributed by atoms with van der Waals surface area (Å²) in [7, 11) is 1.65. The Hall–Kier alpha value is -1.55. The van der Waals surface area contributed by atoms with Crippen LogP contribution in [-0.2, 0) is 0 Å². The van der Waals surface area contributed by atoms with Gasteiger partial charge in [-0.25, -0.2) is 4.98 Å². The maximum Gasteiger partial charge on any atom is 0.144 e. The van der Waals surface area contributed by atoms with Crippen LogP contribution in [0, 0.1) is 6.92 Å². The van der Waals surface area contributed by atoms with E-state index in [-0.39, 0.29) is 0 Å². The van der Waals surface area contributed by atoms with Crippen molar-refractivity contribution in [2.24, 2.45) is 0 Å². The van der Waals surface area contributed by atoms with Gasteiger partial charge in [0, 0.05) is 6.20 Å². The number of para-hydroxylation sites is 2. The van der Waals surface area contributed by atoms with Crippen LogP contribution in [0.15, 0.2) is 41.0 Å². The van der Waals surface area contributed by atoms with Crippen LogP contribution in [0.2, 0.25) is 0 Å². The minimum absolute atomic E-state index is 0.778. The second kappa shape index (κ2) is 5.19. The Morgan fingerprint density at radius 2 is 2.06 bits per heavy atom. The molecule has 2 aromatic rings. The highest BCUT2D eigenvalue weighted by Crippen LogP contribution is 2.29. The first-order chi connectivity index (χ1) is 8.20. The third-order valence-electron chi connectivity index (χ3n) is 2.34. The fourth-order valence-electron chi connectivity index (χ4n) is 1.50. The van der Waals surface area contributed by atoms with Gasteiger partial charge < -0.3 is 10.1 Å². The van der Waals surface area contributed by atoms with Crippen molar-refractivity contribution in [2.75, 3.05) is 12.4 Å². The average molecular weight is 293 g/mol. The van der Waals surface area contributed by atoms with Gasteiger partial charge in [-0.15, -0.1) is 0 Å². The lowest BCUT2D eigenvalue weighted by atomic mass is 10.3. The van der Waals surface area contributed by atoms with Gasteiger partial charge in [-0.05, 0) is 46.6 Å². The molecular formula is C13H13BrN2O. The minimum atomic E-state index is 0.778. The van der Waals surface area contributed by atoms with Crippen molar-refractivity contribution >= 4 is 27.4 Å². The van der Waals surface area contributed by atoms with Crippen molar-refractivity contribution in [3.8, 4) is 5.75 Å². The zero-order valence-corrected chi connectivity index (χ0v) is 11.3. The number of benzene rings is 1. The molecule has 0 bridgehead atoms. The summed E-state index contributed by atoms with van der Waals surface area (Å²) in [5.74, 6) is 1.57. The smallest absolute Gasteiger partial charge is 0.144 e. The second-order valence-electron chi connectivity index (χ2n) is 3.67. The first-order valence-corrected chi connectivity index (χ1v) is 6.02. The predicted molar refractivity (Wildman–Crippen MR) is 73.0 cm³/mol. The molecule has 0 aliphatic carbocycles. The molecule has 0 saturated heterocycles. The molecule has 0 aliphatic rings. The number of hydrogen-bond acceptors (Lipinski definition) is 3. The topological polar surface area (TPSA) is 34.1 Å². The Balaban J connectivity index is 2.31. The second-order valence-corrected chi connectivity index (χ2v) is 4.52. The molecule has 1 N–H and O–H groups in total. The Morgan fingerprint density at radius 1 is 1.29 bits per heavy atom. The summed E-state index contributed by atoms with van der Waals surface area (Å²) in [4.78, 5) is 4.33. The molecule has 0 atom stereocenters. The van der Waals surface area contributed by atoms with Gasteiger partial charge in [-0.2, -0.15) is 0 Å². The monoisotopic (exact) mass is 292 g/mol. The van der Waals surface area contributed by atoms with Gasteiger partial charge in [-0.1, -0.05) is 12.1 Å². The van der Waals surface area contributed by atoms with E-state index in [1.54, 1.807) is 7.11 Å². The number of pyridine rings is 1. The summed E-state index contributed by atoms with van der Waals surface area (Å²) in [5.41, 5.74) is 2.01. The van der Waals surface area contributed by atoms with E-state index in [9.17, 15) is 0 Å². The lowest BCUT2D eigenvalue weighted by molar-refractivity contribution is 0.417. The van der Waals surface area contributed by atoms with E-state index in [4.69, 9.17) is 4.74 Å². The lowest BCUT2D eigenvalue weighted by Crippen LogP contribution is -1.97. The van der Waals surface area contributed by atoms with E-state index in [0.29, 0.717) is 0 Å². The highest BCUT2D eigenvalue weighted by molar-refractivity contribution is 9.10. The van der Waals surface area contributed by atoms with E-state index in [1.165, 1.54) is 0 Å². The maximum absolute atomic E-state index is 5.28. The molecule has 0 unspecified atom stereocenters. The largest absolute Gasteiger partial charge is 0.495 e. The highest BCUT2D eigenvalue weighted by Gasteiger charge is 2.05. The van der Waals surface area contributed by atoms with Gasteiger partial charge >= 0.3 is 0 Å². The Morgan fingerprint density at radius 3 is 2.76 bits per heavy atom. The van der Waals surface area contributed by atoms with Crippen LogP contribution in [-0.4, -0.2) is 12.1 Å². The standard InChI is InChI=1S/C13H13BrN2O/c1-9-7-10(14)13(15-8-9)16-11-5-3-4-6-12(11)17-2/h3-8H,1-2H3,(H,15,16). The molecule has 0 saturated carbocycles. The first-order valence-electron chi connectivity index (χ1n) is 5.23. The number of aromatic nitrogens is 1. The number of ether oxygens (including phenoxy) is 1. The maximum atomic E-state index is 5.28. The summed E-state index contributed by atoms with van der Waals surface area (Å²) in [6, 6.07) is 9.76. The Bertz CT molecular complexity index is 529. The van der Waals surface area contributed by atoms with Crippen molar-refractivity contribution in [3.63, 3.8) is 0 Å². The van der Waals surface area contributed by atoms with Crippen LogP contribution in [0.1, 0.15) is 5.56 Å². The number of anilines is 2. The molecule has 17 heavy (non-hydrogen) atoms. The van der Waals surface area contributed by atoms with Gasteiger partial charge in [0.05, 0.1) is 17.3 Å². The average Bonchev–Trinajstić information content (AvgIpc) is 2.33. The fraction of sp³-hybridized carbons (Fsp3) is 0.154. The minimum Gasteiger partial charge on any atom is -0.495 e. The number of halogens is 1. The molecular weight excluding hydrogens is 280 g/mol. The molecule has 88 valence electrons. The van der Waals surface area contributed by atoms with Gasteiger partial charge in [0.25, 0.3) is 0 Å². The Labute approximate surface area is 109 Å².